The number of nitrogens with zero attached hydrogens (tertiary/aromatic N) is 1. The van der Waals surface area contributed by atoms with Crippen LogP contribution < -0.4 is 19.7 Å². The molecule has 0 aliphatic rings. The van der Waals surface area contributed by atoms with Gasteiger partial charge in [0.15, 0.2) is 11.5 Å². The van der Waals surface area contributed by atoms with Crippen LogP contribution >= 0.6 is 0 Å². The van der Waals surface area contributed by atoms with Gasteiger partial charge in [-0.15, -0.1) is 0 Å². The van der Waals surface area contributed by atoms with Gasteiger partial charge in [-0.1, -0.05) is 12.1 Å². The van der Waals surface area contributed by atoms with Crippen LogP contribution in [0.2, 0.25) is 0 Å². The van der Waals surface area contributed by atoms with Gasteiger partial charge in [0.25, 0.3) is 5.91 Å². The van der Waals surface area contributed by atoms with E-state index in [4.69, 9.17) is 19.0 Å². The average molecular weight is 396 g/mol. The number of methoxy groups -OCH3 is 3. The summed E-state index contributed by atoms with van der Waals surface area (Å²) in [7, 11) is 5.83. The Balaban J connectivity index is 2.25. The third kappa shape index (κ3) is 3.83. The number of hydrogen-bond donors (Lipinski definition) is 1. The Bertz CT molecular complexity index is 1080. The van der Waals surface area contributed by atoms with Crippen LogP contribution in [0.15, 0.2) is 42.6 Å². The Labute approximate surface area is 167 Å². The highest BCUT2D eigenvalue weighted by molar-refractivity contribution is 6.18. The second-order valence-corrected chi connectivity index (χ2v) is 5.97. The van der Waals surface area contributed by atoms with Crippen LogP contribution in [0.5, 0.6) is 17.2 Å². The molecule has 0 bridgehead atoms. The quantitative estimate of drug-likeness (QED) is 0.485. The third-order valence-electron chi connectivity index (χ3n) is 4.38. The highest BCUT2D eigenvalue weighted by atomic mass is 16.6. The van der Waals surface area contributed by atoms with E-state index in [2.05, 4.69) is 10.5 Å². The minimum Gasteiger partial charge on any atom is -0.497 e. The summed E-state index contributed by atoms with van der Waals surface area (Å²) in [5, 5.41) is 0.915. The lowest BCUT2D eigenvalue weighted by atomic mass is 9.98. The van der Waals surface area contributed by atoms with Gasteiger partial charge < -0.3 is 14.2 Å². The van der Waals surface area contributed by atoms with Crippen molar-refractivity contribution in [3.8, 4) is 17.2 Å². The minimum atomic E-state index is -0.502. The normalized spacial score (nSPS) is 10.5. The number of fused-ring (bicyclic) bond motifs is 1. The van der Waals surface area contributed by atoms with E-state index in [0.717, 1.165) is 0 Å². The molecule has 0 aliphatic carbocycles. The zero-order chi connectivity index (χ0) is 21.0. The second kappa shape index (κ2) is 8.57. The van der Waals surface area contributed by atoms with Crippen molar-refractivity contribution < 1.29 is 28.6 Å². The number of ether oxygens (including phenoxy) is 3. The van der Waals surface area contributed by atoms with E-state index in [0.29, 0.717) is 33.6 Å². The molecule has 0 fully saturated rings. The lowest BCUT2D eigenvalue weighted by Crippen LogP contribution is -2.22. The van der Waals surface area contributed by atoms with E-state index in [9.17, 15) is 9.59 Å². The van der Waals surface area contributed by atoms with Gasteiger partial charge in [0, 0.05) is 22.5 Å². The molecule has 3 rings (SSSR count). The lowest BCUT2D eigenvalue weighted by molar-refractivity contribution is 0.0539. The first-order valence-corrected chi connectivity index (χ1v) is 8.60. The molecule has 3 aromatic rings. The van der Waals surface area contributed by atoms with Gasteiger partial charge in [0.05, 0.1) is 34.0 Å². The van der Waals surface area contributed by atoms with Gasteiger partial charge in [0.1, 0.15) is 11.4 Å². The van der Waals surface area contributed by atoms with Gasteiger partial charge in [-0.3, -0.25) is 19.4 Å². The molecule has 0 unspecified atom stereocenters. The van der Waals surface area contributed by atoms with Crippen LogP contribution in [0, 0.1) is 0 Å². The number of hydrogen-bond acceptors (Lipinski definition) is 7. The maximum Gasteiger partial charge on any atom is 0.277 e. The Kier molecular flexibility index (Phi) is 5.94. The molecule has 2 aromatic carbocycles. The first-order chi connectivity index (χ1) is 14.0. The van der Waals surface area contributed by atoms with Gasteiger partial charge in [-0.2, -0.15) is 0 Å². The van der Waals surface area contributed by atoms with Crippen molar-refractivity contribution in [3.63, 3.8) is 0 Å². The number of benzene rings is 2. The average Bonchev–Trinajstić information content (AvgIpc) is 2.76. The van der Waals surface area contributed by atoms with Crippen molar-refractivity contribution in [1.82, 2.24) is 10.5 Å². The van der Waals surface area contributed by atoms with E-state index in [1.165, 1.54) is 34.6 Å². The molecule has 8 nitrogen and oxygen atoms in total. The number of carbonyl (C=O) groups excluding carboxylic acids is 2. The van der Waals surface area contributed by atoms with Crippen molar-refractivity contribution in [2.75, 3.05) is 28.4 Å². The largest absolute Gasteiger partial charge is 0.497 e. The number of carbonyl (C=O) groups is 2. The lowest BCUT2D eigenvalue weighted by Gasteiger charge is -2.14. The minimum absolute atomic E-state index is 0.170. The SMILES string of the molecule is CONC(=O)c1cnc(C(=O)c2cccc(OC)c2)c2cc(OC)c(OC)cc12. The van der Waals surface area contributed by atoms with Crippen LogP contribution in [-0.4, -0.2) is 45.1 Å². The van der Waals surface area contributed by atoms with Gasteiger partial charge >= 0.3 is 0 Å². The van der Waals surface area contributed by atoms with E-state index < -0.39 is 5.91 Å². The number of aromatic nitrogens is 1. The molecule has 1 aromatic heterocycles. The Morgan fingerprint density at radius 1 is 0.897 bits per heavy atom. The second-order valence-electron chi connectivity index (χ2n) is 5.97. The predicted octanol–water partition coefficient (Wildman–Crippen LogP) is 2.78. The molecule has 1 N–H and O–H groups in total. The van der Waals surface area contributed by atoms with Crippen molar-refractivity contribution in [2.24, 2.45) is 0 Å². The molecule has 0 saturated carbocycles. The van der Waals surface area contributed by atoms with Crippen LogP contribution in [0.1, 0.15) is 26.4 Å². The first kappa shape index (κ1) is 20.1. The van der Waals surface area contributed by atoms with Gasteiger partial charge in [-0.25, -0.2) is 5.48 Å². The molecular weight excluding hydrogens is 376 g/mol. The van der Waals surface area contributed by atoms with Crippen molar-refractivity contribution in [2.45, 2.75) is 0 Å². The summed E-state index contributed by atoms with van der Waals surface area (Å²) in [6, 6.07) is 10.0. The summed E-state index contributed by atoms with van der Waals surface area (Å²) in [5.41, 5.74) is 3.06. The number of ketones is 1. The van der Waals surface area contributed by atoms with Gasteiger partial charge in [-0.05, 0) is 24.3 Å². The highest BCUT2D eigenvalue weighted by Crippen LogP contribution is 2.35. The molecule has 0 aliphatic heterocycles. The third-order valence-corrected chi connectivity index (χ3v) is 4.38. The summed E-state index contributed by atoms with van der Waals surface area (Å²) >= 11 is 0. The molecular formula is C21H20N2O6. The summed E-state index contributed by atoms with van der Waals surface area (Å²) in [4.78, 5) is 34.6. The van der Waals surface area contributed by atoms with E-state index >= 15 is 0 Å². The zero-order valence-electron chi connectivity index (χ0n) is 16.4. The Morgan fingerprint density at radius 3 is 2.21 bits per heavy atom. The summed E-state index contributed by atoms with van der Waals surface area (Å²) < 4.78 is 15.9. The number of hydroxylamine groups is 1. The molecule has 29 heavy (non-hydrogen) atoms. The summed E-state index contributed by atoms with van der Waals surface area (Å²) in [6.07, 6.45) is 1.33. The number of nitrogens with one attached hydrogen (secondary N) is 1. The first-order valence-electron chi connectivity index (χ1n) is 8.60. The predicted molar refractivity (Wildman–Crippen MR) is 106 cm³/mol. The Hall–Kier alpha value is -3.65. The summed E-state index contributed by atoms with van der Waals surface area (Å²) in [5.74, 6) is 0.552. The fourth-order valence-corrected chi connectivity index (χ4v) is 2.98. The van der Waals surface area contributed by atoms with E-state index in [-0.39, 0.29) is 17.0 Å². The van der Waals surface area contributed by atoms with Crippen LogP contribution in [0.25, 0.3) is 10.8 Å². The smallest absolute Gasteiger partial charge is 0.277 e. The maximum absolute atomic E-state index is 13.2. The molecule has 0 radical (unpaired) electrons. The fraction of sp³-hybridized carbons (Fsp3) is 0.190. The molecule has 0 spiro atoms. The van der Waals surface area contributed by atoms with Crippen molar-refractivity contribution in [3.05, 3.63) is 59.4 Å². The highest BCUT2D eigenvalue weighted by Gasteiger charge is 2.21. The van der Waals surface area contributed by atoms with Crippen molar-refractivity contribution >= 4 is 22.5 Å². The molecule has 1 heterocycles. The van der Waals surface area contributed by atoms with Crippen molar-refractivity contribution in [1.29, 1.82) is 0 Å². The molecule has 150 valence electrons. The number of rotatable bonds is 7. The molecule has 0 saturated heterocycles. The monoisotopic (exact) mass is 396 g/mol. The summed E-state index contributed by atoms with van der Waals surface area (Å²) in [6.45, 7) is 0. The van der Waals surface area contributed by atoms with Crippen LogP contribution in [0.3, 0.4) is 0 Å². The molecule has 0 atom stereocenters. The van der Waals surface area contributed by atoms with Gasteiger partial charge in [0.2, 0.25) is 5.78 Å². The van der Waals surface area contributed by atoms with E-state index in [1.807, 2.05) is 0 Å². The molecule has 8 heteroatoms. The van der Waals surface area contributed by atoms with E-state index in [1.54, 1.807) is 36.4 Å². The number of amides is 1. The molecule has 1 amide bonds. The maximum atomic E-state index is 13.2. The van der Waals surface area contributed by atoms with Crippen LogP contribution in [-0.2, 0) is 4.84 Å². The Morgan fingerprint density at radius 2 is 1.59 bits per heavy atom. The zero-order valence-corrected chi connectivity index (χ0v) is 16.4. The number of pyridine rings is 1. The van der Waals surface area contributed by atoms with Crippen LogP contribution in [0.4, 0.5) is 0 Å². The fourth-order valence-electron chi connectivity index (χ4n) is 2.98. The standard InChI is InChI=1S/C21H20N2O6/c1-26-13-7-5-6-12(8-13)20(24)19-15-10-18(28-3)17(27-2)9-14(15)16(11-22-19)21(25)23-29-4/h5-11H,1-4H3,(H,23,25). The topological polar surface area (TPSA) is 96.0 Å².